The van der Waals surface area contributed by atoms with Crippen LogP contribution >= 0.6 is 39.7 Å². The second-order valence-corrected chi connectivity index (χ2v) is 7.94. The van der Waals surface area contributed by atoms with Crippen LogP contribution in [-0.2, 0) is 6.54 Å². The van der Waals surface area contributed by atoms with Crippen molar-refractivity contribution in [1.29, 1.82) is 0 Å². The van der Waals surface area contributed by atoms with Gasteiger partial charge in [0.1, 0.15) is 0 Å². The Bertz CT molecular complexity index is 734. The van der Waals surface area contributed by atoms with Gasteiger partial charge in [0, 0.05) is 10.6 Å². The Morgan fingerprint density at radius 3 is 2.67 bits per heavy atom. The second kappa shape index (κ2) is 8.09. The van der Waals surface area contributed by atoms with Crippen molar-refractivity contribution in [2.24, 2.45) is 5.10 Å². The van der Waals surface area contributed by atoms with E-state index in [2.05, 4.69) is 36.9 Å². The molecule has 1 aromatic heterocycles. The molecule has 24 heavy (non-hydrogen) atoms. The average molecular weight is 429 g/mol. The number of halogens is 2. The smallest absolute Gasteiger partial charge is 0.187 e. The summed E-state index contributed by atoms with van der Waals surface area (Å²) in [5, 5.41) is 12.9. The highest BCUT2D eigenvalue weighted by Crippen LogP contribution is 2.16. The van der Waals surface area contributed by atoms with Crippen LogP contribution in [0.2, 0.25) is 5.02 Å². The Balaban J connectivity index is 2.05. The van der Waals surface area contributed by atoms with Crippen molar-refractivity contribution < 1.29 is 0 Å². The van der Waals surface area contributed by atoms with Gasteiger partial charge in [-0.25, -0.2) is 0 Å². The standard InChI is InChI=1S/C16H19BrClN5S/c1-16(2,3)21-15(24)22-19-9-14-13(17)8-20-23(14)10-11-4-6-12(18)7-5-11/h4-9H,10H2,1-3H3,(H2,21,22,24). The van der Waals surface area contributed by atoms with Crippen LogP contribution < -0.4 is 10.7 Å². The van der Waals surface area contributed by atoms with Gasteiger partial charge < -0.3 is 5.32 Å². The minimum absolute atomic E-state index is 0.115. The Morgan fingerprint density at radius 1 is 1.38 bits per heavy atom. The topological polar surface area (TPSA) is 54.2 Å². The minimum atomic E-state index is -0.115. The van der Waals surface area contributed by atoms with Gasteiger partial charge in [-0.3, -0.25) is 10.1 Å². The normalized spacial score (nSPS) is 11.7. The molecule has 5 nitrogen and oxygen atoms in total. The maximum Gasteiger partial charge on any atom is 0.187 e. The third-order valence-electron chi connectivity index (χ3n) is 2.92. The molecule has 1 heterocycles. The van der Waals surface area contributed by atoms with Crippen LogP contribution in [0, 0.1) is 0 Å². The van der Waals surface area contributed by atoms with E-state index in [0.29, 0.717) is 16.7 Å². The lowest BCUT2D eigenvalue weighted by Crippen LogP contribution is -2.44. The van der Waals surface area contributed by atoms with Crippen molar-refractivity contribution in [2.75, 3.05) is 0 Å². The first kappa shape index (κ1) is 18.9. The van der Waals surface area contributed by atoms with Gasteiger partial charge in [-0.05, 0) is 66.6 Å². The maximum atomic E-state index is 5.92. The third-order valence-corrected chi connectivity index (χ3v) is 3.98. The van der Waals surface area contributed by atoms with Crippen LogP contribution in [0.15, 0.2) is 40.0 Å². The minimum Gasteiger partial charge on any atom is -0.357 e. The predicted molar refractivity (Wildman–Crippen MR) is 107 cm³/mol. The van der Waals surface area contributed by atoms with Gasteiger partial charge in [-0.2, -0.15) is 10.2 Å². The molecular formula is C16H19BrClN5S. The highest BCUT2D eigenvalue weighted by atomic mass is 79.9. The van der Waals surface area contributed by atoms with Gasteiger partial charge in [-0.15, -0.1) is 0 Å². The molecule has 0 amide bonds. The van der Waals surface area contributed by atoms with Gasteiger partial charge in [0.2, 0.25) is 0 Å². The molecule has 1 aromatic carbocycles. The van der Waals surface area contributed by atoms with Crippen LogP contribution in [0.3, 0.4) is 0 Å². The van der Waals surface area contributed by atoms with Gasteiger partial charge in [0.25, 0.3) is 0 Å². The SMILES string of the molecule is CC(C)(C)NC(=S)NN=Cc1c(Br)cnn1Cc1ccc(Cl)cc1. The number of hydrogen-bond donors (Lipinski definition) is 2. The maximum absolute atomic E-state index is 5.92. The summed E-state index contributed by atoms with van der Waals surface area (Å²) in [6.45, 7) is 6.71. The zero-order valence-corrected chi connectivity index (χ0v) is 16.8. The molecule has 0 aliphatic rings. The Morgan fingerprint density at radius 2 is 2.04 bits per heavy atom. The molecule has 0 unspecified atom stereocenters. The van der Waals surface area contributed by atoms with E-state index in [4.69, 9.17) is 23.8 Å². The number of nitrogens with zero attached hydrogens (tertiary/aromatic N) is 3. The first-order valence-corrected chi connectivity index (χ1v) is 8.89. The fourth-order valence-corrected chi connectivity index (χ4v) is 2.79. The molecule has 0 radical (unpaired) electrons. The van der Waals surface area contributed by atoms with E-state index in [1.54, 1.807) is 12.4 Å². The summed E-state index contributed by atoms with van der Waals surface area (Å²) in [6.07, 6.45) is 3.42. The molecule has 0 atom stereocenters. The predicted octanol–water partition coefficient (Wildman–Crippen LogP) is 3.94. The first-order valence-electron chi connectivity index (χ1n) is 7.31. The van der Waals surface area contributed by atoms with E-state index in [-0.39, 0.29) is 5.54 Å². The fraction of sp³-hybridized carbons (Fsp3) is 0.312. The van der Waals surface area contributed by atoms with Crippen LogP contribution in [0.5, 0.6) is 0 Å². The molecule has 2 aromatic rings. The summed E-state index contributed by atoms with van der Waals surface area (Å²) in [6, 6.07) is 7.67. The highest BCUT2D eigenvalue weighted by Gasteiger charge is 2.11. The lowest BCUT2D eigenvalue weighted by molar-refractivity contribution is 0.508. The molecule has 0 aliphatic heterocycles. The molecule has 0 fully saturated rings. The van der Waals surface area contributed by atoms with Crippen molar-refractivity contribution >= 4 is 51.1 Å². The van der Waals surface area contributed by atoms with E-state index in [1.165, 1.54) is 0 Å². The van der Waals surface area contributed by atoms with Gasteiger partial charge in [0.15, 0.2) is 5.11 Å². The van der Waals surface area contributed by atoms with E-state index < -0.39 is 0 Å². The summed E-state index contributed by atoms with van der Waals surface area (Å²) < 4.78 is 2.70. The summed E-state index contributed by atoms with van der Waals surface area (Å²) in [5.74, 6) is 0. The monoisotopic (exact) mass is 427 g/mol. The van der Waals surface area contributed by atoms with Crippen molar-refractivity contribution in [3.05, 3.63) is 51.2 Å². The Labute approximate surface area is 160 Å². The van der Waals surface area contributed by atoms with E-state index in [9.17, 15) is 0 Å². The van der Waals surface area contributed by atoms with Crippen molar-refractivity contribution in [1.82, 2.24) is 20.5 Å². The number of benzene rings is 1. The molecule has 128 valence electrons. The molecule has 0 bridgehead atoms. The Hall–Kier alpha value is -1.44. The summed E-state index contributed by atoms with van der Waals surface area (Å²) in [4.78, 5) is 0. The molecule has 0 saturated carbocycles. The third kappa shape index (κ3) is 5.89. The van der Waals surface area contributed by atoms with Crippen molar-refractivity contribution in [3.63, 3.8) is 0 Å². The van der Waals surface area contributed by atoms with Crippen molar-refractivity contribution in [2.45, 2.75) is 32.9 Å². The number of nitrogens with one attached hydrogen (secondary N) is 2. The van der Waals surface area contributed by atoms with E-state index >= 15 is 0 Å². The lowest BCUT2D eigenvalue weighted by Gasteiger charge is -2.21. The summed E-state index contributed by atoms with van der Waals surface area (Å²) >= 11 is 14.6. The van der Waals surface area contributed by atoms with E-state index in [0.717, 1.165) is 15.7 Å². The van der Waals surface area contributed by atoms with Gasteiger partial charge in [0.05, 0.1) is 29.1 Å². The number of rotatable bonds is 4. The molecule has 0 spiro atoms. The molecule has 0 saturated heterocycles. The first-order chi connectivity index (χ1) is 11.2. The van der Waals surface area contributed by atoms with Crippen LogP contribution in [0.25, 0.3) is 0 Å². The zero-order chi connectivity index (χ0) is 17.7. The van der Waals surface area contributed by atoms with Crippen LogP contribution in [-0.4, -0.2) is 26.6 Å². The fourth-order valence-electron chi connectivity index (χ4n) is 1.91. The summed E-state index contributed by atoms with van der Waals surface area (Å²) in [7, 11) is 0. The molecule has 2 rings (SSSR count). The molecular weight excluding hydrogens is 410 g/mol. The number of thiocarbonyl (C=S) groups is 1. The Kier molecular flexibility index (Phi) is 6.37. The average Bonchev–Trinajstić information content (AvgIpc) is 2.81. The van der Waals surface area contributed by atoms with Crippen LogP contribution in [0.1, 0.15) is 32.0 Å². The zero-order valence-electron chi connectivity index (χ0n) is 13.7. The van der Waals surface area contributed by atoms with Crippen molar-refractivity contribution in [3.8, 4) is 0 Å². The molecule has 0 aliphatic carbocycles. The largest absolute Gasteiger partial charge is 0.357 e. The number of aromatic nitrogens is 2. The van der Waals surface area contributed by atoms with Crippen LogP contribution in [0.4, 0.5) is 0 Å². The molecule has 2 N–H and O–H groups in total. The highest BCUT2D eigenvalue weighted by molar-refractivity contribution is 9.10. The molecule has 8 heteroatoms. The number of hydrazone groups is 1. The van der Waals surface area contributed by atoms with E-state index in [1.807, 2.05) is 49.7 Å². The van der Waals surface area contributed by atoms with Gasteiger partial charge in [-0.1, -0.05) is 23.7 Å². The second-order valence-electron chi connectivity index (χ2n) is 6.24. The number of hydrogen-bond acceptors (Lipinski definition) is 3. The summed E-state index contributed by atoms with van der Waals surface area (Å²) in [5.41, 5.74) is 4.64. The van der Waals surface area contributed by atoms with Gasteiger partial charge >= 0.3 is 0 Å². The quantitative estimate of drug-likeness (QED) is 0.440. The lowest BCUT2D eigenvalue weighted by atomic mass is 10.1.